The van der Waals surface area contributed by atoms with Gasteiger partial charge in [-0.05, 0) is 51.2 Å². The number of carbonyl (C=O) groups excluding carboxylic acids is 1. The molecule has 0 atom stereocenters. The summed E-state index contributed by atoms with van der Waals surface area (Å²) in [6.45, 7) is 6.16. The maximum atomic E-state index is 13.7. The molecule has 1 aliphatic heterocycles. The van der Waals surface area contributed by atoms with Gasteiger partial charge in [0, 0.05) is 43.4 Å². The molecule has 3 heterocycles. The van der Waals surface area contributed by atoms with E-state index in [4.69, 9.17) is 0 Å². The number of hydrogen-bond acceptors (Lipinski definition) is 5. The molecule has 1 aromatic carbocycles. The molecule has 0 spiro atoms. The van der Waals surface area contributed by atoms with Crippen LogP contribution in [0.5, 0.6) is 0 Å². The van der Waals surface area contributed by atoms with E-state index in [-0.39, 0.29) is 18.3 Å². The summed E-state index contributed by atoms with van der Waals surface area (Å²) in [6, 6.07) is 8.45. The third-order valence-corrected chi connectivity index (χ3v) is 6.01. The normalized spacial score (nSPS) is 13.9. The van der Waals surface area contributed by atoms with Crippen LogP contribution in [0.3, 0.4) is 0 Å². The number of amides is 1. The van der Waals surface area contributed by atoms with Crippen LogP contribution in [0, 0.1) is 19.7 Å². The molecule has 3 aromatic rings. The van der Waals surface area contributed by atoms with E-state index in [1.54, 1.807) is 24.5 Å². The second-order valence-corrected chi connectivity index (χ2v) is 8.21. The summed E-state index contributed by atoms with van der Waals surface area (Å²) < 4.78 is 15.6. The zero-order chi connectivity index (χ0) is 22.5. The molecule has 1 saturated heterocycles. The van der Waals surface area contributed by atoms with E-state index in [9.17, 15) is 9.18 Å². The minimum absolute atomic E-state index is 0.116. The van der Waals surface area contributed by atoms with Gasteiger partial charge in [-0.15, -0.1) is 0 Å². The van der Waals surface area contributed by atoms with Crippen LogP contribution >= 0.6 is 0 Å². The molecule has 1 fully saturated rings. The molecule has 4 rings (SSSR count). The van der Waals surface area contributed by atoms with Crippen molar-refractivity contribution in [2.75, 3.05) is 18.0 Å². The quantitative estimate of drug-likeness (QED) is 0.612. The Labute approximate surface area is 187 Å². The van der Waals surface area contributed by atoms with Crippen molar-refractivity contribution < 1.29 is 9.18 Å². The average molecular weight is 437 g/mol. The third kappa shape index (κ3) is 4.95. The first-order chi connectivity index (χ1) is 15.5. The van der Waals surface area contributed by atoms with Gasteiger partial charge in [0.15, 0.2) is 5.82 Å². The number of anilines is 1. The summed E-state index contributed by atoms with van der Waals surface area (Å²) in [7, 11) is 0. The third-order valence-electron chi connectivity index (χ3n) is 6.01. The molecule has 1 aliphatic rings. The number of hydrogen-bond donors (Lipinski definition) is 1. The fraction of sp³-hybridized carbons (Fsp3) is 0.417. The van der Waals surface area contributed by atoms with E-state index in [1.165, 1.54) is 25.3 Å². The number of aromatic nitrogens is 4. The first-order valence-electron chi connectivity index (χ1n) is 11.2. The highest BCUT2D eigenvalue weighted by atomic mass is 19.1. The van der Waals surface area contributed by atoms with E-state index in [2.05, 4.69) is 25.3 Å². The summed E-state index contributed by atoms with van der Waals surface area (Å²) in [6.07, 6.45) is 6.09. The van der Waals surface area contributed by atoms with Gasteiger partial charge in [-0.1, -0.05) is 18.2 Å². The first-order valence-corrected chi connectivity index (χ1v) is 11.2. The second-order valence-electron chi connectivity index (χ2n) is 8.21. The molecule has 32 heavy (non-hydrogen) atoms. The van der Waals surface area contributed by atoms with Gasteiger partial charge in [0.2, 0.25) is 5.91 Å². The van der Waals surface area contributed by atoms with Crippen LogP contribution in [0.25, 0.3) is 5.82 Å². The molecule has 7 nitrogen and oxygen atoms in total. The molecular weight excluding hydrogens is 407 g/mol. The number of nitrogens with one attached hydrogen (secondary N) is 1. The van der Waals surface area contributed by atoms with E-state index in [0.29, 0.717) is 18.4 Å². The molecule has 0 unspecified atom stereocenters. The first kappa shape index (κ1) is 21.9. The van der Waals surface area contributed by atoms with Crippen molar-refractivity contribution in [1.29, 1.82) is 0 Å². The Kier molecular flexibility index (Phi) is 6.78. The summed E-state index contributed by atoms with van der Waals surface area (Å²) in [5.41, 5.74) is 3.36. The van der Waals surface area contributed by atoms with E-state index in [1.807, 2.05) is 24.6 Å². The smallest absolute Gasteiger partial charge is 0.220 e. The number of halogens is 1. The van der Waals surface area contributed by atoms with Gasteiger partial charge in [-0.3, -0.25) is 4.79 Å². The number of benzene rings is 1. The predicted octanol–water partition coefficient (Wildman–Crippen LogP) is 3.66. The highest BCUT2D eigenvalue weighted by molar-refractivity contribution is 5.76. The zero-order valence-corrected chi connectivity index (χ0v) is 18.6. The van der Waals surface area contributed by atoms with Crippen molar-refractivity contribution in [2.45, 2.75) is 52.5 Å². The van der Waals surface area contributed by atoms with Crippen LogP contribution in [0.1, 0.15) is 48.2 Å². The van der Waals surface area contributed by atoms with Gasteiger partial charge in [0.25, 0.3) is 0 Å². The van der Waals surface area contributed by atoms with Gasteiger partial charge >= 0.3 is 0 Å². The molecule has 0 saturated carbocycles. The molecule has 0 bridgehead atoms. The van der Waals surface area contributed by atoms with Gasteiger partial charge in [-0.25, -0.2) is 19.0 Å². The van der Waals surface area contributed by atoms with Gasteiger partial charge in [0.05, 0.1) is 5.69 Å². The average Bonchev–Trinajstić information content (AvgIpc) is 3.11. The maximum absolute atomic E-state index is 13.7. The number of rotatable bonds is 7. The van der Waals surface area contributed by atoms with Crippen LogP contribution in [0.15, 0.2) is 36.7 Å². The Morgan fingerprint density at radius 3 is 2.62 bits per heavy atom. The van der Waals surface area contributed by atoms with Crippen molar-refractivity contribution in [2.24, 2.45) is 0 Å². The number of carbonyl (C=O) groups is 1. The minimum atomic E-state index is -0.311. The highest BCUT2D eigenvalue weighted by Crippen LogP contribution is 2.22. The lowest BCUT2D eigenvalue weighted by atomic mass is 10.1. The summed E-state index contributed by atoms with van der Waals surface area (Å²) in [4.78, 5) is 23.5. The van der Waals surface area contributed by atoms with Crippen molar-refractivity contribution in [3.63, 3.8) is 0 Å². The molecule has 2 aromatic heterocycles. The number of nitrogens with zero attached hydrogens (tertiary/aromatic N) is 5. The van der Waals surface area contributed by atoms with Crippen LogP contribution in [0.4, 0.5) is 10.2 Å². The molecule has 0 radical (unpaired) electrons. The highest BCUT2D eigenvalue weighted by Gasteiger charge is 2.17. The lowest BCUT2D eigenvalue weighted by Gasteiger charge is -2.27. The fourth-order valence-corrected chi connectivity index (χ4v) is 4.17. The number of piperidine rings is 1. The van der Waals surface area contributed by atoms with Crippen LogP contribution in [-0.4, -0.2) is 38.7 Å². The summed E-state index contributed by atoms with van der Waals surface area (Å²) >= 11 is 0. The van der Waals surface area contributed by atoms with E-state index in [0.717, 1.165) is 41.7 Å². The Morgan fingerprint density at radius 2 is 1.84 bits per heavy atom. The lowest BCUT2D eigenvalue weighted by molar-refractivity contribution is -0.121. The molecule has 1 amide bonds. The van der Waals surface area contributed by atoms with Crippen LogP contribution < -0.4 is 10.2 Å². The van der Waals surface area contributed by atoms with E-state index < -0.39 is 0 Å². The Morgan fingerprint density at radius 1 is 1.09 bits per heavy atom. The van der Waals surface area contributed by atoms with Crippen molar-refractivity contribution in [3.05, 3.63) is 65.0 Å². The van der Waals surface area contributed by atoms with Gasteiger partial charge in [-0.2, -0.15) is 5.10 Å². The lowest BCUT2D eigenvalue weighted by Crippen LogP contribution is -2.30. The van der Waals surface area contributed by atoms with Crippen molar-refractivity contribution >= 4 is 11.7 Å². The molecule has 1 N–H and O–H groups in total. The molecule has 168 valence electrons. The monoisotopic (exact) mass is 436 g/mol. The molecular formula is C24H29FN6O. The van der Waals surface area contributed by atoms with E-state index >= 15 is 0 Å². The summed E-state index contributed by atoms with van der Waals surface area (Å²) in [5, 5.41) is 7.48. The molecule has 8 heteroatoms. The topological polar surface area (TPSA) is 75.9 Å². The molecule has 0 aliphatic carbocycles. The Hall–Kier alpha value is -3.29. The SMILES string of the molecule is Cc1nn(-c2cc(N3CCCCC3)ncn2)c(C)c1CCC(=O)NCc1ccccc1F. The second kappa shape index (κ2) is 9.89. The predicted molar refractivity (Wildman–Crippen MR) is 121 cm³/mol. The van der Waals surface area contributed by atoms with Crippen molar-refractivity contribution in [3.8, 4) is 5.82 Å². The fourth-order valence-electron chi connectivity index (χ4n) is 4.17. The largest absolute Gasteiger partial charge is 0.356 e. The van der Waals surface area contributed by atoms with Crippen LogP contribution in [0.2, 0.25) is 0 Å². The summed E-state index contributed by atoms with van der Waals surface area (Å²) in [5.74, 6) is 1.23. The Balaban J connectivity index is 1.42. The van der Waals surface area contributed by atoms with Crippen molar-refractivity contribution in [1.82, 2.24) is 25.1 Å². The maximum Gasteiger partial charge on any atom is 0.220 e. The van der Waals surface area contributed by atoms with Crippen LogP contribution in [-0.2, 0) is 17.8 Å². The standard InChI is InChI=1S/C24H29FN6O/c1-17-20(10-11-24(32)26-15-19-8-4-5-9-21(19)25)18(2)31(29-17)23-14-22(27-16-28-23)30-12-6-3-7-13-30/h4-5,8-9,14,16H,3,6-7,10-13,15H2,1-2H3,(H,26,32). The number of aryl methyl sites for hydroxylation is 1. The van der Waals surface area contributed by atoms with Gasteiger partial charge in [0.1, 0.15) is 18.0 Å². The minimum Gasteiger partial charge on any atom is -0.356 e. The zero-order valence-electron chi connectivity index (χ0n) is 18.6. The Bertz CT molecular complexity index is 1090. The van der Waals surface area contributed by atoms with Gasteiger partial charge < -0.3 is 10.2 Å².